The van der Waals surface area contributed by atoms with E-state index in [9.17, 15) is 14.3 Å². The minimum Gasteiger partial charge on any atom is -0.504 e. The van der Waals surface area contributed by atoms with E-state index in [1.54, 1.807) is 0 Å². The maximum Gasteiger partial charge on any atom is 0.163 e. The molecule has 0 unspecified atom stereocenters. The van der Waals surface area contributed by atoms with Crippen LogP contribution in [0.1, 0.15) is 12.5 Å². The van der Waals surface area contributed by atoms with E-state index < -0.39 is 5.82 Å². The molecule has 0 bridgehead atoms. The average Bonchev–Trinajstić information content (AvgIpc) is 2.10. The van der Waals surface area contributed by atoms with Crippen molar-refractivity contribution < 1.29 is 19.0 Å². The molecule has 0 aliphatic heterocycles. The first-order chi connectivity index (χ1) is 6.54. The molecular formula is C10H11FO3. The van der Waals surface area contributed by atoms with Gasteiger partial charge >= 0.3 is 0 Å². The summed E-state index contributed by atoms with van der Waals surface area (Å²) < 4.78 is 17.9. The first kappa shape index (κ1) is 10.5. The zero-order chi connectivity index (χ0) is 10.7. The Morgan fingerprint density at radius 2 is 2.21 bits per heavy atom. The maximum absolute atomic E-state index is 13.2. The number of aromatic hydroxyl groups is 1. The zero-order valence-corrected chi connectivity index (χ0v) is 8.00. The molecule has 1 N–H and O–H groups in total. The summed E-state index contributed by atoms with van der Waals surface area (Å²) >= 11 is 0. The number of rotatable bonds is 3. The summed E-state index contributed by atoms with van der Waals surface area (Å²) in [5, 5.41) is 9.33. The minimum absolute atomic E-state index is 0.0244. The van der Waals surface area contributed by atoms with Crippen molar-refractivity contribution in [1.82, 2.24) is 0 Å². The maximum atomic E-state index is 13.2. The Bertz CT molecular complexity index is 361. The van der Waals surface area contributed by atoms with E-state index >= 15 is 0 Å². The lowest BCUT2D eigenvalue weighted by Crippen LogP contribution is -2.00. The molecule has 1 rings (SSSR count). The van der Waals surface area contributed by atoms with E-state index in [2.05, 4.69) is 0 Å². The van der Waals surface area contributed by atoms with Crippen LogP contribution in [0.3, 0.4) is 0 Å². The summed E-state index contributed by atoms with van der Waals surface area (Å²) in [7, 11) is 1.33. The molecule has 14 heavy (non-hydrogen) atoms. The van der Waals surface area contributed by atoms with Gasteiger partial charge in [0.1, 0.15) is 11.6 Å². The molecule has 76 valence electrons. The third-order valence-electron chi connectivity index (χ3n) is 1.79. The summed E-state index contributed by atoms with van der Waals surface area (Å²) in [5.41, 5.74) is 0.177. The van der Waals surface area contributed by atoms with Crippen LogP contribution >= 0.6 is 0 Å². The summed E-state index contributed by atoms with van der Waals surface area (Å²) in [5.74, 6) is -0.803. The molecule has 3 nitrogen and oxygen atoms in total. The van der Waals surface area contributed by atoms with Crippen LogP contribution in [0.4, 0.5) is 4.39 Å². The van der Waals surface area contributed by atoms with E-state index in [1.165, 1.54) is 20.1 Å². The average molecular weight is 198 g/mol. The van der Waals surface area contributed by atoms with Gasteiger partial charge in [-0.15, -0.1) is 0 Å². The number of halogens is 1. The largest absolute Gasteiger partial charge is 0.504 e. The number of carbonyl (C=O) groups excluding carboxylic acids is 1. The number of benzene rings is 1. The normalized spacial score (nSPS) is 9.93. The van der Waals surface area contributed by atoms with Crippen molar-refractivity contribution in [2.75, 3.05) is 7.11 Å². The van der Waals surface area contributed by atoms with Crippen LogP contribution in [-0.2, 0) is 11.2 Å². The molecule has 0 amide bonds. The van der Waals surface area contributed by atoms with Crippen molar-refractivity contribution in [3.63, 3.8) is 0 Å². The fraction of sp³-hybridized carbons (Fsp3) is 0.300. The number of Topliss-reactive ketones (excluding diaryl/α,β-unsaturated/α-hetero) is 1. The van der Waals surface area contributed by atoms with Crippen molar-refractivity contribution in [1.29, 1.82) is 0 Å². The van der Waals surface area contributed by atoms with Crippen LogP contribution in [0.15, 0.2) is 12.1 Å². The lowest BCUT2D eigenvalue weighted by Gasteiger charge is -2.06. The SMILES string of the molecule is COc1cc(F)c(CC(C)=O)cc1O. The number of hydrogen-bond acceptors (Lipinski definition) is 3. The summed E-state index contributed by atoms with van der Waals surface area (Å²) in [6, 6.07) is 2.27. The van der Waals surface area contributed by atoms with Gasteiger partial charge in [-0.05, 0) is 18.6 Å². The second-order valence-corrected chi connectivity index (χ2v) is 2.99. The second kappa shape index (κ2) is 4.09. The van der Waals surface area contributed by atoms with Gasteiger partial charge in [0, 0.05) is 12.5 Å². The van der Waals surface area contributed by atoms with E-state index in [0.717, 1.165) is 6.07 Å². The van der Waals surface area contributed by atoms with Crippen LogP contribution in [-0.4, -0.2) is 18.0 Å². The van der Waals surface area contributed by atoms with Crippen LogP contribution in [0.2, 0.25) is 0 Å². The van der Waals surface area contributed by atoms with Crippen LogP contribution < -0.4 is 4.74 Å². The van der Waals surface area contributed by atoms with Gasteiger partial charge in [-0.25, -0.2) is 4.39 Å². The number of hydrogen-bond donors (Lipinski definition) is 1. The van der Waals surface area contributed by atoms with Gasteiger partial charge in [0.2, 0.25) is 0 Å². The Morgan fingerprint density at radius 1 is 1.57 bits per heavy atom. The Morgan fingerprint density at radius 3 is 2.71 bits per heavy atom. The first-order valence-electron chi connectivity index (χ1n) is 4.09. The number of phenolic OH excluding ortho intramolecular Hbond substituents is 1. The van der Waals surface area contributed by atoms with Crippen LogP contribution in [0.25, 0.3) is 0 Å². The van der Waals surface area contributed by atoms with Gasteiger partial charge in [0.15, 0.2) is 11.5 Å². The lowest BCUT2D eigenvalue weighted by atomic mass is 10.1. The lowest BCUT2D eigenvalue weighted by molar-refractivity contribution is -0.116. The summed E-state index contributed by atoms with van der Waals surface area (Å²) in [6.07, 6.45) is -0.0244. The molecule has 1 aromatic carbocycles. The Kier molecular flexibility index (Phi) is 3.06. The molecule has 0 radical (unpaired) electrons. The third kappa shape index (κ3) is 2.22. The molecule has 1 aromatic rings. The summed E-state index contributed by atoms with van der Waals surface area (Å²) in [6.45, 7) is 1.36. The molecule has 0 saturated carbocycles. The highest BCUT2D eigenvalue weighted by Crippen LogP contribution is 2.28. The first-order valence-corrected chi connectivity index (χ1v) is 4.09. The smallest absolute Gasteiger partial charge is 0.163 e. The fourth-order valence-corrected chi connectivity index (χ4v) is 1.15. The van der Waals surface area contributed by atoms with Crippen LogP contribution in [0, 0.1) is 5.82 Å². The molecule has 4 heteroatoms. The van der Waals surface area contributed by atoms with Crippen molar-refractivity contribution >= 4 is 5.78 Å². The number of ketones is 1. The van der Waals surface area contributed by atoms with E-state index in [0.29, 0.717) is 0 Å². The number of ether oxygens (including phenoxy) is 1. The molecule has 0 fully saturated rings. The highest BCUT2D eigenvalue weighted by molar-refractivity contribution is 5.78. The van der Waals surface area contributed by atoms with Gasteiger partial charge < -0.3 is 9.84 Å². The van der Waals surface area contributed by atoms with Crippen molar-refractivity contribution in [2.45, 2.75) is 13.3 Å². The third-order valence-corrected chi connectivity index (χ3v) is 1.79. The predicted octanol–water partition coefficient (Wildman–Crippen LogP) is 1.67. The Labute approximate surface area is 81.1 Å². The number of methoxy groups -OCH3 is 1. The van der Waals surface area contributed by atoms with Gasteiger partial charge in [-0.2, -0.15) is 0 Å². The van der Waals surface area contributed by atoms with Gasteiger partial charge in [-0.1, -0.05) is 0 Å². The quantitative estimate of drug-likeness (QED) is 0.803. The Hall–Kier alpha value is -1.58. The Balaban J connectivity index is 3.08. The van der Waals surface area contributed by atoms with Crippen molar-refractivity contribution in [3.8, 4) is 11.5 Å². The summed E-state index contributed by atoms with van der Waals surface area (Å²) in [4.78, 5) is 10.8. The topological polar surface area (TPSA) is 46.5 Å². The molecule has 0 saturated heterocycles. The molecule has 0 heterocycles. The highest BCUT2D eigenvalue weighted by atomic mass is 19.1. The molecular weight excluding hydrogens is 187 g/mol. The van der Waals surface area contributed by atoms with E-state index in [-0.39, 0.29) is 29.3 Å². The van der Waals surface area contributed by atoms with Crippen LogP contribution in [0.5, 0.6) is 11.5 Å². The predicted molar refractivity (Wildman–Crippen MR) is 49.0 cm³/mol. The molecule has 0 aliphatic rings. The number of phenols is 1. The standard InChI is InChI=1S/C10H11FO3/c1-6(12)3-7-4-9(13)10(14-2)5-8(7)11/h4-5,13H,3H2,1-2H3. The fourth-order valence-electron chi connectivity index (χ4n) is 1.15. The van der Waals surface area contributed by atoms with Crippen molar-refractivity contribution in [3.05, 3.63) is 23.5 Å². The van der Waals surface area contributed by atoms with Gasteiger partial charge in [0.05, 0.1) is 7.11 Å². The zero-order valence-electron chi connectivity index (χ0n) is 8.00. The highest BCUT2D eigenvalue weighted by Gasteiger charge is 2.10. The second-order valence-electron chi connectivity index (χ2n) is 2.99. The monoisotopic (exact) mass is 198 g/mol. The van der Waals surface area contributed by atoms with Gasteiger partial charge in [-0.3, -0.25) is 4.79 Å². The molecule has 0 aromatic heterocycles. The van der Waals surface area contributed by atoms with E-state index in [4.69, 9.17) is 4.74 Å². The molecule has 0 spiro atoms. The van der Waals surface area contributed by atoms with E-state index in [1.807, 2.05) is 0 Å². The van der Waals surface area contributed by atoms with Gasteiger partial charge in [0.25, 0.3) is 0 Å². The minimum atomic E-state index is -0.546. The molecule has 0 atom stereocenters. The van der Waals surface area contributed by atoms with Crippen molar-refractivity contribution in [2.24, 2.45) is 0 Å². The number of carbonyl (C=O) groups is 1. The molecule has 0 aliphatic carbocycles.